The molecule has 0 unspecified atom stereocenters. The number of benzene rings is 1. The number of hydrogen-bond donors (Lipinski definition) is 1. The van der Waals surface area contributed by atoms with E-state index in [1.54, 1.807) is 0 Å². The lowest BCUT2D eigenvalue weighted by molar-refractivity contribution is -0.0322. The van der Waals surface area contributed by atoms with Crippen molar-refractivity contribution in [1.29, 1.82) is 0 Å². The molecule has 0 spiro atoms. The second kappa shape index (κ2) is 11.6. The van der Waals surface area contributed by atoms with Gasteiger partial charge in [-0.3, -0.25) is 0 Å². The first kappa shape index (κ1) is 19.1. The zero-order valence-corrected chi connectivity index (χ0v) is 13.9. The van der Waals surface area contributed by atoms with Crippen LogP contribution in [0.2, 0.25) is 0 Å². The fourth-order valence-electron chi connectivity index (χ4n) is 2.52. The molecule has 0 bridgehead atoms. The monoisotopic (exact) mass is 310 g/mol. The fourth-order valence-corrected chi connectivity index (χ4v) is 2.52. The number of unbranched alkanes of at least 4 members (excludes halogenated alkanes) is 6. The second-order valence-corrected chi connectivity index (χ2v) is 6.16. The lowest BCUT2D eigenvalue weighted by Gasteiger charge is -2.23. The predicted octanol–water partition coefficient (Wildman–Crippen LogP) is 5.04. The first-order valence-electron chi connectivity index (χ1n) is 8.61. The molecule has 1 aromatic rings. The third kappa shape index (κ3) is 8.50. The summed E-state index contributed by atoms with van der Waals surface area (Å²) in [5.41, 5.74) is -0.572. The van der Waals surface area contributed by atoms with Gasteiger partial charge in [0.25, 0.3) is 0 Å². The van der Waals surface area contributed by atoms with Gasteiger partial charge in [-0.2, -0.15) is 0 Å². The number of hydrogen-bond acceptors (Lipinski definition) is 2. The van der Waals surface area contributed by atoms with Crippen molar-refractivity contribution in [3.8, 4) is 0 Å². The average Bonchev–Trinajstić information content (AvgIpc) is 2.55. The van der Waals surface area contributed by atoms with Crippen LogP contribution >= 0.6 is 0 Å². The molecule has 0 amide bonds. The largest absolute Gasteiger partial charge is 0.393 e. The van der Waals surface area contributed by atoms with E-state index >= 15 is 0 Å². The Labute approximate surface area is 134 Å². The van der Waals surface area contributed by atoms with Crippen LogP contribution in [0.3, 0.4) is 0 Å². The summed E-state index contributed by atoms with van der Waals surface area (Å²) >= 11 is 0. The maximum Gasteiger partial charge on any atom is 0.157 e. The smallest absolute Gasteiger partial charge is 0.157 e. The number of aliphatic hydroxyl groups excluding tert-OH is 1. The Morgan fingerprint density at radius 2 is 1.64 bits per heavy atom. The molecule has 0 aromatic heterocycles. The molecule has 1 atom stereocenters. The number of aliphatic hydroxyl groups is 1. The van der Waals surface area contributed by atoms with Crippen LogP contribution in [0.1, 0.15) is 63.9 Å². The molecule has 22 heavy (non-hydrogen) atoms. The molecular weight excluding hydrogens is 279 g/mol. The highest BCUT2D eigenvalue weighted by Gasteiger charge is 2.28. The molecular formula is C19H31FO2. The van der Waals surface area contributed by atoms with Gasteiger partial charge in [-0.15, -0.1) is 0 Å². The molecule has 1 N–H and O–H groups in total. The Morgan fingerprint density at radius 1 is 1.00 bits per heavy atom. The summed E-state index contributed by atoms with van der Waals surface area (Å²) in [4.78, 5) is 0. The highest BCUT2D eigenvalue weighted by Crippen LogP contribution is 2.21. The van der Waals surface area contributed by atoms with Gasteiger partial charge < -0.3 is 9.84 Å². The van der Waals surface area contributed by atoms with E-state index in [4.69, 9.17) is 4.74 Å². The zero-order chi connectivity index (χ0) is 16.1. The van der Waals surface area contributed by atoms with Gasteiger partial charge in [-0.05, 0) is 12.0 Å². The Kier molecular flexibility index (Phi) is 10.1. The maximum absolute atomic E-state index is 14.5. The molecule has 2 nitrogen and oxygen atoms in total. The predicted molar refractivity (Wildman–Crippen MR) is 89.6 cm³/mol. The molecule has 0 aliphatic rings. The van der Waals surface area contributed by atoms with Gasteiger partial charge >= 0.3 is 0 Å². The SMILES string of the molecule is CCCCCCCCC[C@](F)(CO)COCc1ccccc1. The summed E-state index contributed by atoms with van der Waals surface area (Å²) in [7, 11) is 0. The molecule has 0 radical (unpaired) electrons. The third-order valence-corrected chi connectivity index (χ3v) is 3.98. The van der Waals surface area contributed by atoms with E-state index in [-0.39, 0.29) is 6.61 Å². The van der Waals surface area contributed by atoms with Gasteiger partial charge in [0, 0.05) is 0 Å². The molecule has 0 heterocycles. The van der Waals surface area contributed by atoms with Gasteiger partial charge in [0.15, 0.2) is 5.67 Å². The summed E-state index contributed by atoms with van der Waals surface area (Å²) in [5.74, 6) is 0. The minimum absolute atomic E-state index is 0.0335. The summed E-state index contributed by atoms with van der Waals surface area (Å²) in [6, 6.07) is 9.72. The fraction of sp³-hybridized carbons (Fsp3) is 0.684. The third-order valence-electron chi connectivity index (χ3n) is 3.98. The molecule has 1 aromatic carbocycles. The minimum atomic E-state index is -1.60. The Morgan fingerprint density at radius 3 is 2.27 bits per heavy atom. The number of rotatable bonds is 13. The summed E-state index contributed by atoms with van der Waals surface area (Å²) in [5, 5.41) is 9.30. The van der Waals surface area contributed by atoms with Crippen LogP contribution in [-0.4, -0.2) is 24.0 Å². The van der Waals surface area contributed by atoms with Gasteiger partial charge in [0.1, 0.15) is 0 Å². The van der Waals surface area contributed by atoms with Crippen LogP contribution in [0.15, 0.2) is 30.3 Å². The van der Waals surface area contributed by atoms with Crippen molar-refractivity contribution in [2.75, 3.05) is 13.2 Å². The second-order valence-electron chi connectivity index (χ2n) is 6.16. The van der Waals surface area contributed by atoms with Crippen LogP contribution in [0.25, 0.3) is 0 Å². The van der Waals surface area contributed by atoms with Gasteiger partial charge in [-0.25, -0.2) is 4.39 Å². The van der Waals surface area contributed by atoms with E-state index in [2.05, 4.69) is 6.92 Å². The van der Waals surface area contributed by atoms with Crippen LogP contribution in [0, 0.1) is 0 Å². The number of alkyl halides is 1. The Balaban J connectivity index is 2.14. The van der Waals surface area contributed by atoms with Crippen molar-refractivity contribution in [3.63, 3.8) is 0 Å². The van der Waals surface area contributed by atoms with Crippen LogP contribution < -0.4 is 0 Å². The average molecular weight is 310 g/mol. The molecule has 0 saturated heterocycles. The zero-order valence-electron chi connectivity index (χ0n) is 13.9. The molecule has 126 valence electrons. The summed E-state index contributed by atoms with van der Waals surface area (Å²) < 4.78 is 19.9. The first-order valence-corrected chi connectivity index (χ1v) is 8.61. The molecule has 0 fully saturated rings. The Hall–Kier alpha value is -0.930. The minimum Gasteiger partial charge on any atom is -0.393 e. The van der Waals surface area contributed by atoms with Crippen LogP contribution in [0.4, 0.5) is 4.39 Å². The van der Waals surface area contributed by atoms with Crippen molar-refractivity contribution in [3.05, 3.63) is 35.9 Å². The van der Waals surface area contributed by atoms with Crippen molar-refractivity contribution in [2.45, 2.75) is 70.6 Å². The van der Waals surface area contributed by atoms with E-state index in [1.807, 2.05) is 30.3 Å². The van der Waals surface area contributed by atoms with Gasteiger partial charge in [-0.1, -0.05) is 82.2 Å². The maximum atomic E-state index is 14.5. The highest BCUT2D eigenvalue weighted by molar-refractivity contribution is 5.13. The van der Waals surface area contributed by atoms with E-state index in [0.717, 1.165) is 24.8 Å². The highest BCUT2D eigenvalue weighted by atomic mass is 19.1. The van der Waals surface area contributed by atoms with E-state index in [0.29, 0.717) is 13.0 Å². The van der Waals surface area contributed by atoms with Crippen molar-refractivity contribution < 1.29 is 14.2 Å². The van der Waals surface area contributed by atoms with Crippen molar-refractivity contribution >= 4 is 0 Å². The van der Waals surface area contributed by atoms with Crippen LogP contribution in [-0.2, 0) is 11.3 Å². The molecule has 0 aliphatic carbocycles. The van der Waals surface area contributed by atoms with Gasteiger partial charge in [0.05, 0.1) is 19.8 Å². The van der Waals surface area contributed by atoms with E-state index < -0.39 is 12.3 Å². The topological polar surface area (TPSA) is 29.5 Å². The van der Waals surface area contributed by atoms with Crippen LogP contribution in [0.5, 0.6) is 0 Å². The van der Waals surface area contributed by atoms with E-state index in [9.17, 15) is 9.50 Å². The molecule has 3 heteroatoms. The standard InChI is InChI=1S/C19H31FO2/c1-2-3-4-5-6-7-11-14-19(20,16-21)17-22-15-18-12-9-8-10-13-18/h8-10,12-13,21H,2-7,11,14-17H2,1H3/t19-/m0/s1. The lowest BCUT2D eigenvalue weighted by Crippen LogP contribution is -2.33. The molecule has 0 saturated carbocycles. The van der Waals surface area contributed by atoms with Crippen molar-refractivity contribution in [2.24, 2.45) is 0 Å². The number of halogens is 1. The first-order chi connectivity index (χ1) is 10.7. The van der Waals surface area contributed by atoms with Crippen molar-refractivity contribution in [1.82, 2.24) is 0 Å². The summed E-state index contributed by atoms with van der Waals surface area (Å²) in [6.45, 7) is 2.10. The Bertz CT molecular complexity index is 369. The number of ether oxygens (including phenoxy) is 1. The molecule has 0 aliphatic heterocycles. The lowest BCUT2D eigenvalue weighted by atomic mass is 9.98. The van der Waals surface area contributed by atoms with E-state index in [1.165, 1.54) is 25.7 Å². The van der Waals surface area contributed by atoms with Gasteiger partial charge in [0.2, 0.25) is 0 Å². The summed E-state index contributed by atoms with van der Waals surface area (Å²) in [6.07, 6.45) is 8.44. The normalized spacial score (nSPS) is 14.0. The molecule has 1 rings (SSSR count). The quantitative estimate of drug-likeness (QED) is 0.517.